The lowest BCUT2D eigenvalue weighted by Gasteiger charge is -2.19. The van der Waals surface area contributed by atoms with E-state index in [1.54, 1.807) is 0 Å². The SMILES string of the molecule is Cc1c(Cl)cccc1N1C[C@@H](c2nc3ccccc3n2C)CC1=O. The molecule has 0 spiro atoms. The van der Waals surface area contributed by atoms with Crippen LogP contribution >= 0.6 is 11.6 Å². The van der Waals surface area contributed by atoms with E-state index in [1.165, 1.54) is 0 Å². The summed E-state index contributed by atoms with van der Waals surface area (Å²) in [5, 5.41) is 0.687. The molecule has 0 saturated carbocycles. The molecule has 2 aromatic carbocycles. The Morgan fingerprint density at radius 2 is 1.96 bits per heavy atom. The average molecular weight is 340 g/mol. The number of amides is 1. The third kappa shape index (κ3) is 2.29. The van der Waals surface area contributed by atoms with Crippen molar-refractivity contribution >= 4 is 34.2 Å². The minimum absolute atomic E-state index is 0.0910. The van der Waals surface area contributed by atoms with Crippen LogP contribution < -0.4 is 4.90 Å². The molecule has 0 aliphatic carbocycles. The first kappa shape index (κ1) is 15.2. The van der Waals surface area contributed by atoms with Gasteiger partial charge in [0.15, 0.2) is 0 Å². The number of benzene rings is 2. The molecule has 1 aliphatic heterocycles. The van der Waals surface area contributed by atoms with E-state index >= 15 is 0 Å². The summed E-state index contributed by atoms with van der Waals surface area (Å²) in [5.41, 5.74) is 3.91. The Labute approximate surface area is 145 Å². The highest BCUT2D eigenvalue weighted by Crippen LogP contribution is 2.35. The van der Waals surface area contributed by atoms with Crippen molar-refractivity contribution in [1.82, 2.24) is 9.55 Å². The van der Waals surface area contributed by atoms with Crippen LogP contribution in [0.3, 0.4) is 0 Å². The van der Waals surface area contributed by atoms with E-state index < -0.39 is 0 Å². The van der Waals surface area contributed by atoms with Crippen LogP contribution in [0.25, 0.3) is 11.0 Å². The number of rotatable bonds is 2. The second kappa shape index (κ2) is 5.64. The summed E-state index contributed by atoms with van der Waals surface area (Å²) in [4.78, 5) is 19.2. The number of imidazole rings is 1. The molecule has 1 saturated heterocycles. The van der Waals surface area contributed by atoms with Crippen molar-refractivity contribution in [2.75, 3.05) is 11.4 Å². The lowest BCUT2D eigenvalue weighted by atomic mass is 10.1. The molecule has 1 aromatic heterocycles. The summed E-state index contributed by atoms with van der Waals surface area (Å²) in [5.74, 6) is 1.18. The van der Waals surface area contributed by atoms with Gasteiger partial charge in [0.05, 0.1) is 11.0 Å². The minimum atomic E-state index is 0.0910. The average Bonchev–Trinajstić information content (AvgIpc) is 3.11. The van der Waals surface area contributed by atoms with Gasteiger partial charge in [-0.05, 0) is 36.8 Å². The molecule has 0 radical (unpaired) electrons. The Bertz CT molecular complexity index is 947. The number of carbonyl (C=O) groups is 1. The highest BCUT2D eigenvalue weighted by Gasteiger charge is 2.35. The number of anilines is 1. The van der Waals surface area contributed by atoms with Crippen LogP contribution in [0, 0.1) is 6.92 Å². The van der Waals surface area contributed by atoms with Gasteiger partial charge >= 0.3 is 0 Å². The van der Waals surface area contributed by atoms with E-state index in [9.17, 15) is 4.79 Å². The van der Waals surface area contributed by atoms with Gasteiger partial charge in [0, 0.05) is 36.6 Å². The molecule has 5 heteroatoms. The standard InChI is InChI=1S/C19H18ClN3O/c1-12-14(20)6-5-9-16(12)23-11-13(10-18(23)24)19-21-15-7-3-4-8-17(15)22(19)2/h3-9,13H,10-11H2,1-2H3/t13-/m0/s1. The zero-order chi connectivity index (χ0) is 16.8. The van der Waals surface area contributed by atoms with Gasteiger partial charge in [-0.15, -0.1) is 0 Å². The first-order chi connectivity index (χ1) is 11.6. The predicted molar refractivity (Wildman–Crippen MR) is 96.6 cm³/mol. The van der Waals surface area contributed by atoms with Crippen LogP contribution in [-0.2, 0) is 11.8 Å². The number of hydrogen-bond acceptors (Lipinski definition) is 2. The molecule has 0 N–H and O–H groups in total. The van der Waals surface area contributed by atoms with Crippen LogP contribution in [-0.4, -0.2) is 22.0 Å². The molecule has 1 amide bonds. The maximum atomic E-state index is 12.6. The number of fused-ring (bicyclic) bond motifs is 1. The number of carbonyl (C=O) groups excluding carboxylic acids is 1. The number of para-hydroxylation sites is 2. The lowest BCUT2D eigenvalue weighted by molar-refractivity contribution is -0.117. The smallest absolute Gasteiger partial charge is 0.227 e. The summed E-state index contributed by atoms with van der Waals surface area (Å²) in [6, 6.07) is 13.8. The molecule has 1 fully saturated rings. The summed E-state index contributed by atoms with van der Waals surface area (Å²) in [6.45, 7) is 2.59. The summed E-state index contributed by atoms with van der Waals surface area (Å²) < 4.78 is 2.10. The zero-order valence-corrected chi connectivity index (χ0v) is 14.4. The van der Waals surface area contributed by atoms with Crippen molar-refractivity contribution in [2.24, 2.45) is 7.05 Å². The van der Waals surface area contributed by atoms with Crippen LogP contribution in [0.4, 0.5) is 5.69 Å². The number of aromatic nitrogens is 2. The zero-order valence-electron chi connectivity index (χ0n) is 13.7. The molecular weight excluding hydrogens is 322 g/mol. The normalized spacial score (nSPS) is 17.9. The van der Waals surface area contributed by atoms with E-state index in [0.29, 0.717) is 18.0 Å². The summed E-state index contributed by atoms with van der Waals surface area (Å²) in [7, 11) is 2.02. The van der Waals surface area contributed by atoms with Gasteiger partial charge in [0.1, 0.15) is 5.82 Å². The van der Waals surface area contributed by atoms with E-state index in [2.05, 4.69) is 10.6 Å². The largest absolute Gasteiger partial charge is 0.331 e. The summed E-state index contributed by atoms with van der Waals surface area (Å²) >= 11 is 6.22. The van der Waals surface area contributed by atoms with Gasteiger partial charge in [-0.2, -0.15) is 0 Å². The van der Waals surface area contributed by atoms with Gasteiger partial charge in [-0.1, -0.05) is 29.8 Å². The van der Waals surface area contributed by atoms with Gasteiger partial charge in [0.2, 0.25) is 5.91 Å². The van der Waals surface area contributed by atoms with Gasteiger partial charge in [-0.25, -0.2) is 4.98 Å². The molecule has 1 aliphatic rings. The molecular formula is C19H18ClN3O. The van der Waals surface area contributed by atoms with Crippen LogP contribution in [0.15, 0.2) is 42.5 Å². The molecule has 122 valence electrons. The molecule has 0 unspecified atom stereocenters. The van der Waals surface area contributed by atoms with Crippen LogP contribution in [0.2, 0.25) is 5.02 Å². The third-order valence-corrected chi connectivity index (χ3v) is 5.25. The molecule has 2 heterocycles. The number of hydrogen-bond donors (Lipinski definition) is 0. The van der Waals surface area contributed by atoms with Crippen LogP contribution in [0.5, 0.6) is 0 Å². The van der Waals surface area contributed by atoms with E-state index in [0.717, 1.165) is 28.1 Å². The highest BCUT2D eigenvalue weighted by molar-refractivity contribution is 6.31. The fourth-order valence-electron chi connectivity index (χ4n) is 3.53. The maximum Gasteiger partial charge on any atom is 0.227 e. The minimum Gasteiger partial charge on any atom is -0.331 e. The molecule has 4 rings (SSSR count). The Morgan fingerprint density at radius 1 is 1.17 bits per heavy atom. The number of aryl methyl sites for hydroxylation is 1. The fraction of sp³-hybridized carbons (Fsp3) is 0.263. The second-order valence-electron chi connectivity index (χ2n) is 6.31. The van der Waals surface area contributed by atoms with E-state index in [-0.39, 0.29) is 11.8 Å². The Morgan fingerprint density at radius 3 is 2.75 bits per heavy atom. The van der Waals surface area contributed by atoms with E-state index in [1.807, 2.05) is 55.3 Å². The molecule has 0 bridgehead atoms. The van der Waals surface area contributed by atoms with Gasteiger partial charge in [0.25, 0.3) is 0 Å². The topological polar surface area (TPSA) is 38.1 Å². The monoisotopic (exact) mass is 339 g/mol. The molecule has 3 aromatic rings. The van der Waals surface area contributed by atoms with Gasteiger partial charge in [-0.3, -0.25) is 4.79 Å². The number of halogens is 1. The van der Waals surface area contributed by atoms with Crippen molar-refractivity contribution in [2.45, 2.75) is 19.3 Å². The molecule has 1 atom stereocenters. The quantitative estimate of drug-likeness (QED) is 0.706. The third-order valence-electron chi connectivity index (χ3n) is 4.84. The Hall–Kier alpha value is -2.33. The molecule has 4 nitrogen and oxygen atoms in total. The van der Waals surface area contributed by atoms with Gasteiger partial charge < -0.3 is 9.47 Å². The fourth-order valence-corrected chi connectivity index (χ4v) is 3.70. The Kier molecular flexibility index (Phi) is 3.57. The van der Waals surface area contributed by atoms with Crippen molar-refractivity contribution in [3.05, 3.63) is 58.9 Å². The first-order valence-corrected chi connectivity index (χ1v) is 8.41. The predicted octanol–water partition coefficient (Wildman–Crippen LogP) is 4.06. The van der Waals surface area contributed by atoms with Crippen LogP contribution in [0.1, 0.15) is 23.7 Å². The Balaban J connectivity index is 1.71. The maximum absolute atomic E-state index is 12.6. The molecule has 24 heavy (non-hydrogen) atoms. The lowest BCUT2D eigenvalue weighted by Crippen LogP contribution is -2.25. The highest BCUT2D eigenvalue weighted by atomic mass is 35.5. The van der Waals surface area contributed by atoms with E-state index in [4.69, 9.17) is 16.6 Å². The summed E-state index contributed by atoms with van der Waals surface area (Å²) in [6.07, 6.45) is 0.475. The number of nitrogens with zero attached hydrogens (tertiary/aromatic N) is 3. The van der Waals surface area contributed by atoms with Crippen molar-refractivity contribution < 1.29 is 4.79 Å². The van der Waals surface area contributed by atoms with Crippen molar-refractivity contribution in [1.29, 1.82) is 0 Å². The van der Waals surface area contributed by atoms with Crippen molar-refractivity contribution in [3.63, 3.8) is 0 Å². The second-order valence-corrected chi connectivity index (χ2v) is 6.71. The first-order valence-electron chi connectivity index (χ1n) is 8.03. The van der Waals surface area contributed by atoms with Crippen molar-refractivity contribution in [3.8, 4) is 0 Å².